The van der Waals surface area contributed by atoms with Crippen molar-refractivity contribution in [2.24, 2.45) is 5.92 Å². The van der Waals surface area contributed by atoms with Crippen LogP contribution < -0.4 is 0 Å². The predicted octanol–water partition coefficient (Wildman–Crippen LogP) is 4.78. The molecule has 1 aliphatic heterocycles. The Bertz CT molecular complexity index is 759. The molecule has 0 amide bonds. The van der Waals surface area contributed by atoms with Crippen molar-refractivity contribution in [1.29, 1.82) is 0 Å². The zero-order valence-corrected chi connectivity index (χ0v) is 16.5. The van der Waals surface area contributed by atoms with Crippen LogP contribution in [0.4, 0.5) is 0 Å². The molecule has 3 rings (SSSR count). The Balaban J connectivity index is 1.66. The third-order valence-electron chi connectivity index (χ3n) is 5.24. The summed E-state index contributed by atoms with van der Waals surface area (Å²) in [4.78, 5) is 19.9. The van der Waals surface area contributed by atoms with Crippen LogP contribution >= 0.6 is 0 Å². The summed E-state index contributed by atoms with van der Waals surface area (Å²) in [5, 5.41) is 0. The Morgan fingerprint density at radius 3 is 2.54 bits per heavy atom. The first-order chi connectivity index (χ1) is 12.3. The second kappa shape index (κ2) is 7.71. The van der Waals surface area contributed by atoms with Gasteiger partial charge in [-0.05, 0) is 49.4 Å². The number of piperidine rings is 1. The molecule has 0 spiro atoms. The molecule has 3 nitrogen and oxygen atoms in total. The largest absolute Gasteiger partial charge is 0.297 e. The van der Waals surface area contributed by atoms with E-state index >= 15 is 0 Å². The van der Waals surface area contributed by atoms with E-state index in [4.69, 9.17) is 0 Å². The molecule has 26 heavy (non-hydrogen) atoms. The van der Waals surface area contributed by atoms with Gasteiger partial charge in [-0.1, -0.05) is 51.1 Å². The van der Waals surface area contributed by atoms with Crippen LogP contribution in [0.3, 0.4) is 0 Å². The van der Waals surface area contributed by atoms with E-state index in [0.717, 1.165) is 49.4 Å². The van der Waals surface area contributed by atoms with E-state index in [1.165, 1.54) is 5.56 Å². The highest BCUT2D eigenvalue weighted by molar-refractivity contribution is 5.98. The number of pyridine rings is 1. The van der Waals surface area contributed by atoms with Gasteiger partial charge in [0.15, 0.2) is 5.78 Å². The number of ketones is 1. The van der Waals surface area contributed by atoms with Gasteiger partial charge >= 0.3 is 0 Å². The molecule has 1 aliphatic rings. The van der Waals surface area contributed by atoms with Crippen molar-refractivity contribution in [2.75, 3.05) is 13.1 Å². The van der Waals surface area contributed by atoms with Gasteiger partial charge in [-0.3, -0.25) is 14.7 Å². The molecule has 0 bridgehead atoms. The molecule has 3 heteroatoms. The van der Waals surface area contributed by atoms with Crippen LogP contribution in [-0.2, 0) is 12.0 Å². The van der Waals surface area contributed by atoms with Crippen LogP contribution in [0.1, 0.15) is 60.9 Å². The summed E-state index contributed by atoms with van der Waals surface area (Å²) in [6.45, 7) is 11.3. The number of Topliss-reactive ketones (excluding diaryl/α,β-unsaturated/α-hetero) is 1. The number of aryl methyl sites for hydroxylation is 1. The summed E-state index contributed by atoms with van der Waals surface area (Å²) < 4.78 is 0. The molecule has 0 radical (unpaired) electrons. The fourth-order valence-corrected chi connectivity index (χ4v) is 3.70. The van der Waals surface area contributed by atoms with E-state index in [2.05, 4.69) is 54.9 Å². The number of hydrogen-bond acceptors (Lipinski definition) is 3. The fourth-order valence-electron chi connectivity index (χ4n) is 3.70. The molecule has 138 valence electrons. The number of nitrogens with zero attached hydrogens (tertiary/aromatic N) is 2. The van der Waals surface area contributed by atoms with Crippen molar-refractivity contribution >= 4 is 5.78 Å². The lowest BCUT2D eigenvalue weighted by atomic mass is 9.85. The van der Waals surface area contributed by atoms with E-state index in [1.54, 1.807) is 0 Å². The highest BCUT2D eigenvalue weighted by Crippen LogP contribution is 2.25. The standard InChI is InChI=1S/C23H30N2O/c1-17-7-5-9-21(24-17)16-25-14-6-8-19(15-25)22(26)18-10-12-20(13-11-18)23(2,3)4/h5,7,9-13,19H,6,8,14-16H2,1-4H3/t19-/m0/s1. The number of aromatic nitrogens is 1. The van der Waals surface area contributed by atoms with Crippen molar-refractivity contribution in [3.8, 4) is 0 Å². The van der Waals surface area contributed by atoms with Gasteiger partial charge < -0.3 is 0 Å². The Hall–Kier alpha value is -2.00. The van der Waals surface area contributed by atoms with Gasteiger partial charge in [0.05, 0.1) is 5.69 Å². The Kier molecular flexibility index (Phi) is 5.57. The topological polar surface area (TPSA) is 33.2 Å². The maximum Gasteiger partial charge on any atom is 0.167 e. The van der Waals surface area contributed by atoms with Crippen LogP contribution in [0, 0.1) is 12.8 Å². The molecular formula is C23H30N2O. The van der Waals surface area contributed by atoms with Crippen LogP contribution in [0.5, 0.6) is 0 Å². The van der Waals surface area contributed by atoms with Gasteiger partial charge in [0, 0.05) is 30.3 Å². The lowest BCUT2D eigenvalue weighted by molar-refractivity contribution is 0.0810. The van der Waals surface area contributed by atoms with Crippen LogP contribution in [0.15, 0.2) is 42.5 Å². The molecule has 1 atom stereocenters. The lowest BCUT2D eigenvalue weighted by Gasteiger charge is -2.31. The highest BCUT2D eigenvalue weighted by Gasteiger charge is 2.27. The number of carbonyl (C=O) groups excluding carboxylic acids is 1. The summed E-state index contributed by atoms with van der Waals surface area (Å²) in [7, 11) is 0. The van der Waals surface area contributed by atoms with Crippen molar-refractivity contribution in [1.82, 2.24) is 9.88 Å². The molecule has 2 heterocycles. The molecule has 0 unspecified atom stereocenters. The summed E-state index contributed by atoms with van der Waals surface area (Å²) in [5.41, 5.74) is 4.37. The molecule has 0 aliphatic carbocycles. The average Bonchev–Trinajstić information content (AvgIpc) is 2.61. The monoisotopic (exact) mass is 350 g/mol. The minimum atomic E-state index is 0.0917. The van der Waals surface area contributed by atoms with E-state index in [-0.39, 0.29) is 17.1 Å². The van der Waals surface area contributed by atoms with Crippen LogP contribution in [-0.4, -0.2) is 28.8 Å². The molecule has 1 aromatic carbocycles. The fraction of sp³-hybridized carbons (Fsp3) is 0.478. The van der Waals surface area contributed by atoms with Gasteiger partial charge in [0.25, 0.3) is 0 Å². The molecular weight excluding hydrogens is 320 g/mol. The summed E-state index contributed by atoms with van der Waals surface area (Å²) in [6, 6.07) is 14.4. The van der Waals surface area contributed by atoms with Gasteiger partial charge in [-0.2, -0.15) is 0 Å². The van der Waals surface area contributed by atoms with Crippen LogP contribution in [0.2, 0.25) is 0 Å². The molecule has 0 saturated carbocycles. The van der Waals surface area contributed by atoms with Crippen molar-refractivity contribution in [3.05, 3.63) is 65.0 Å². The Morgan fingerprint density at radius 2 is 1.88 bits per heavy atom. The minimum Gasteiger partial charge on any atom is -0.297 e. The summed E-state index contributed by atoms with van der Waals surface area (Å²) >= 11 is 0. The normalized spacial score (nSPS) is 18.7. The van der Waals surface area contributed by atoms with Gasteiger partial charge in [-0.25, -0.2) is 0 Å². The number of hydrogen-bond donors (Lipinski definition) is 0. The summed E-state index contributed by atoms with van der Waals surface area (Å²) in [6.07, 6.45) is 2.06. The van der Waals surface area contributed by atoms with Gasteiger partial charge in [0.2, 0.25) is 0 Å². The maximum atomic E-state index is 13.0. The predicted molar refractivity (Wildman–Crippen MR) is 106 cm³/mol. The first-order valence-electron chi connectivity index (χ1n) is 9.62. The van der Waals surface area contributed by atoms with Gasteiger partial charge in [0.1, 0.15) is 0 Å². The Labute approximate surface area is 157 Å². The number of rotatable bonds is 4. The van der Waals surface area contributed by atoms with E-state index < -0.39 is 0 Å². The molecule has 0 N–H and O–H groups in total. The number of benzene rings is 1. The molecule has 2 aromatic rings. The third kappa shape index (κ3) is 4.59. The van der Waals surface area contributed by atoms with Crippen molar-refractivity contribution < 1.29 is 4.79 Å². The van der Waals surface area contributed by atoms with E-state index in [9.17, 15) is 4.79 Å². The minimum absolute atomic E-state index is 0.0917. The highest BCUT2D eigenvalue weighted by atomic mass is 16.1. The second-order valence-electron chi connectivity index (χ2n) is 8.54. The first-order valence-corrected chi connectivity index (χ1v) is 9.62. The van der Waals surface area contributed by atoms with E-state index in [0.29, 0.717) is 0 Å². The van der Waals surface area contributed by atoms with Crippen LogP contribution in [0.25, 0.3) is 0 Å². The van der Waals surface area contributed by atoms with Crippen molar-refractivity contribution in [2.45, 2.75) is 52.5 Å². The molecule has 1 saturated heterocycles. The van der Waals surface area contributed by atoms with Gasteiger partial charge in [-0.15, -0.1) is 0 Å². The maximum absolute atomic E-state index is 13.0. The van der Waals surface area contributed by atoms with Crippen molar-refractivity contribution in [3.63, 3.8) is 0 Å². The second-order valence-corrected chi connectivity index (χ2v) is 8.54. The molecule has 1 aromatic heterocycles. The zero-order chi connectivity index (χ0) is 18.7. The van der Waals surface area contributed by atoms with E-state index in [1.807, 2.05) is 25.1 Å². The first kappa shape index (κ1) is 18.8. The smallest absolute Gasteiger partial charge is 0.167 e. The summed E-state index contributed by atoms with van der Waals surface area (Å²) in [5.74, 6) is 0.376. The third-order valence-corrected chi connectivity index (χ3v) is 5.24. The molecule has 1 fully saturated rings. The quantitative estimate of drug-likeness (QED) is 0.744. The average molecular weight is 351 g/mol. The number of likely N-dealkylation sites (tertiary alicyclic amines) is 1. The SMILES string of the molecule is Cc1cccc(CN2CCC[C@H](C(=O)c3ccc(C(C)(C)C)cc3)C2)n1. The lowest BCUT2D eigenvalue weighted by Crippen LogP contribution is -2.38. The number of carbonyl (C=O) groups is 1. The Morgan fingerprint density at radius 1 is 1.15 bits per heavy atom. The zero-order valence-electron chi connectivity index (χ0n) is 16.5.